The van der Waals surface area contributed by atoms with Crippen LogP contribution >= 0.6 is 11.8 Å². The van der Waals surface area contributed by atoms with Gasteiger partial charge in [0, 0.05) is 6.20 Å². The quantitative estimate of drug-likeness (QED) is 0.809. The Kier molecular flexibility index (Phi) is 5.51. The van der Waals surface area contributed by atoms with Gasteiger partial charge in [-0.25, -0.2) is 4.98 Å². The fourth-order valence-corrected chi connectivity index (χ4v) is 2.66. The van der Waals surface area contributed by atoms with Gasteiger partial charge in [-0.1, -0.05) is 30.3 Å². The van der Waals surface area contributed by atoms with E-state index in [9.17, 15) is 23.1 Å². The largest absolute Gasteiger partial charge is 0.423 e. The van der Waals surface area contributed by atoms with Gasteiger partial charge in [0.2, 0.25) is 5.60 Å². The molecule has 2 rings (SSSR count). The number of hydrogen-bond acceptors (Lipinski definition) is 4. The summed E-state index contributed by atoms with van der Waals surface area (Å²) in [6.45, 7) is -0.998. The van der Waals surface area contributed by atoms with Crippen molar-refractivity contribution in [1.82, 2.24) is 10.3 Å². The molecule has 24 heavy (non-hydrogen) atoms. The summed E-state index contributed by atoms with van der Waals surface area (Å²) in [6, 6.07) is 9.63. The van der Waals surface area contributed by atoms with Crippen molar-refractivity contribution in [3.8, 4) is 0 Å². The average molecular weight is 356 g/mol. The third-order valence-corrected chi connectivity index (χ3v) is 4.15. The van der Waals surface area contributed by atoms with E-state index in [4.69, 9.17) is 0 Å². The Bertz CT molecular complexity index is 710. The number of pyridine rings is 1. The highest BCUT2D eigenvalue weighted by Crippen LogP contribution is 2.38. The molecule has 4 nitrogen and oxygen atoms in total. The molecule has 0 saturated heterocycles. The number of benzene rings is 1. The van der Waals surface area contributed by atoms with Crippen LogP contribution in [0.15, 0.2) is 53.7 Å². The van der Waals surface area contributed by atoms with Crippen LogP contribution < -0.4 is 5.32 Å². The molecule has 1 aromatic heterocycles. The zero-order chi connectivity index (χ0) is 17.8. The number of aliphatic hydroxyl groups is 1. The Labute approximate surface area is 141 Å². The zero-order valence-corrected chi connectivity index (χ0v) is 13.5. The number of amides is 1. The first kappa shape index (κ1) is 18.3. The molecule has 0 fully saturated rings. The molecule has 1 amide bonds. The normalized spacial score (nSPS) is 14.0. The lowest BCUT2D eigenvalue weighted by molar-refractivity contribution is -0.263. The summed E-state index contributed by atoms with van der Waals surface area (Å²) in [6.07, 6.45) is -1.76. The number of alkyl halides is 3. The summed E-state index contributed by atoms with van der Waals surface area (Å²) >= 11 is 1.20. The molecule has 0 aliphatic carbocycles. The van der Waals surface area contributed by atoms with E-state index in [-0.39, 0.29) is 11.1 Å². The maximum atomic E-state index is 13.4. The van der Waals surface area contributed by atoms with E-state index in [0.29, 0.717) is 5.03 Å². The van der Waals surface area contributed by atoms with Crippen LogP contribution in [0.4, 0.5) is 13.2 Å². The average Bonchev–Trinajstić information content (AvgIpc) is 2.59. The Balaban J connectivity index is 2.25. The van der Waals surface area contributed by atoms with E-state index < -0.39 is 24.2 Å². The van der Waals surface area contributed by atoms with Gasteiger partial charge in [0.1, 0.15) is 5.03 Å². The van der Waals surface area contributed by atoms with Crippen molar-refractivity contribution in [3.05, 3.63) is 59.8 Å². The molecule has 0 aliphatic heterocycles. The van der Waals surface area contributed by atoms with Crippen molar-refractivity contribution in [3.63, 3.8) is 0 Å². The van der Waals surface area contributed by atoms with Crippen LogP contribution in [0, 0.1) is 0 Å². The third-order valence-electron chi connectivity index (χ3n) is 3.43. The molecular formula is C16H15F3N2O2S. The second-order valence-corrected chi connectivity index (χ2v) is 5.76. The molecule has 0 radical (unpaired) electrons. The van der Waals surface area contributed by atoms with Crippen LogP contribution in [-0.4, -0.2) is 35.0 Å². The van der Waals surface area contributed by atoms with Crippen molar-refractivity contribution in [2.45, 2.75) is 16.8 Å². The van der Waals surface area contributed by atoms with E-state index in [1.54, 1.807) is 12.3 Å². The second-order valence-electron chi connectivity index (χ2n) is 4.97. The molecule has 1 aromatic carbocycles. The summed E-state index contributed by atoms with van der Waals surface area (Å²) in [5, 5.41) is 12.7. The molecule has 2 aromatic rings. The molecule has 0 unspecified atom stereocenters. The monoisotopic (exact) mass is 356 g/mol. The Morgan fingerprint density at radius 3 is 2.46 bits per heavy atom. The predicted molar refractivity (Wildman–Crippen MR) is 84.7 cm³/mol. The number of carbonyl (C=O) groups is 1. The lowest BCUT2D eigenvalue weighted by Gasteiger charge is -2.31. The van der Waals surface area contributed by atoms with Crippen LogP contribution in [0.25, 0.3) is 0 Å². The first-order valence-corrected chi connectivity index (χ1v) is 8.14. The van der Waals surface area contributed by atoms with Gasteiger partial charge >= 0.3 is 6.18 Å². The van der Waals surface area contributed by atoms with Gasteiger partial charge in [-0.05, 0) is 24.0 Å². The summed E-state index contributed by atoms with van der Waals surface area (Å²) in [4.78, 5) is 16.2. The summed E-state index contributed by atoms with van der Waals surface area (Å²) in [7, 11) is 0. The van der Waals surface area contributed by atoms with Crippen LogP contribution in [0.1, 0.15) is 15.9 Å². The Hall–Kier alpha value is -2.06. The topological polar surface area (TPSA) is 62.2 Å². The fraction of sp³-hybridized carbons (Fsp3) is 0.250. The highest BCUT2D eigenvalue weighted by atomic mass is 32.2. The molecule has 8 heteroatoms. The van der Waals surface area contributed by atoms with Crippen molar-refractivity contribution >= 4 is 17.7 Å². The molecule has 1 atom stereocenters. The van der Waals surface area contributed by atoms with Crippen molar-refractivity contribution in [2.75, 3.05) is 12.8 Å². The van der Waals surface area contributed by atoms with Gasteiger partial charge < -0.3 is 10.4 Å². The van der Waals surface area contributed by atoms with E-state index >= 15 is 0 Å². The summed E-state index contributed by atoms with van der Waals surface area (Å²) in [5.74, 6) is -0.731. The summed E-state index contributed by atoms with van der Waals surface area (Å²) in [5.41, 5.74) is -3.36. The van der Waals surface area contributed by atoms with Gasteiger partial charge in [0.15, 0.2) is 0 Å². The number of halogens is 3. The minimum Gasteiger partial charge on any atom is -0.375 e. The van der Waals surface area contributed by atoms with Gasteiger partial charge in [0.05, 0.1) is 12.1 Å². The molecule has 1 heterocycles. The summed E-state index contributed by atoms with van der Waals surface area (Å²) < 4.78 is 40.1. The maximum Gasteiger partial charge on any atom is 0.423 e. The standard InChI is InChI=1S/C16H15F3N2O2S/c1-24-14-12(8-5-9-20-14)13(22)21-10-15(23,16(17,18)19)11-6-3-2-4-7-11/h2-9,23H,10H2,1H3,(H,21,22)/t15-/m1/s1. The number of rotatable bonds is 5. The Morgan fingerprint density at radius 1 is 1.21 bits per heavy atom. The molecule has 2 N–H and O–H groups in total. The van der Waals surface area contributed by atoms with Gasteiger partial charge in [0.25, 0.3) is 5.91 Å². The van der Waals surface area contributed by atoms with Crippen molar-refractivity contribution in [1.29, 1.82) is 0 Å². The van der Waals surface area contributed by atoms with E-state index in [1.807, 2.05) is 0 Å². The first-order chi connectivity index (χ1) is 11.3. The number of hydrogen-bond donors (Lipinski definition) is 2. The molecule has 0 saturated carbocycles. The second kappa shape index (κ2) is 7.23. The van der Waals surface area contributed by atoms with E-state index in [0.717, 1.165) is 12.1 Å². The number of nitrogens with one attached hydrogen (secondary N) is 1. The van der Waals surface area contributed by atoms with Crippen molar-refractivity contribution < 1.29 is 23.1 Å². The van der Waals surface area contributed by atoms with Gasteiger partial charge in [-0.2, -0.15) is 13.2 Å². The zero-order valence-electron chi connectivity index (χ0n) is 12.7. The highest BCUT2D eigenvalue weighted by molar-refractivity contribution is 7.98. The first-order valence-electron chi connectivity index (χ1n) is 6.91. The minimum atomic E-state index is -4.95. The smallest absolute Gasteiger partial charge is 0.375 e. The lowest BCUT2D eigenvalue weighted by atomic mass is 9.93. The van der Waals surface area contributed by atoms with Crippen molar-refractivity contribution in [2.24, 2.45) is 0 Å². The SMILES string of the molecule is CSc1ncccc1C(=O)NC[C@@](O)(c1ccccc1)C(F)(F)F. The molecule has 0 bridgehead atoms. The number of carbonyl (C=O) groups excluding carboxylic acids is 1. The minimum absolute atomic E-state index is 0.155. The molecular weight excluding hydrogens is 341 g/mol. The number of aromatic nitrogens is 1. The van der Waals surface area contributed by atoms with E-state index in [1.165, 1.54) is 42.2 Å². The molecule has 128 valence electrons. The predicted octanol–water partition coefficient (Wildman–Crippen LogP) is 2.98. The highest BCUT2D eigenvalue weighted by Gasteiger charge is 2.55. The van der Waals surface area contributed by atoms with Crippen LogP contribution in [-0.2, 0) is 5.60 Å². The lowest BCUT2D eigenvalue weighted by Crippen LogP contribution is -2.51. The van der Waals surface area contributed by atoms with Crippen LogP contribution in [0.3, 0.4) is 0 Å². The number of thioether (sulfide) groups is 1. The Morgan fingerprint density at radius 2 is 1.88 bits per heavy atom. The van der Waals surface area contributed by atoms with Crippen LogP contribution in [0.5, 0.6) is 0 Å². The third kappa shape index (κ3) is 3.70. The molecule has 0 spiro atoms. The van der Waals surface area contributed by atoms with Gasteiger partial charge in [-0.3, -0.25) is 4.79 Å². The number of nitrogens with zero attached hydrogens (tertiary/aromatic N) is 1. The van der Waals surface area contributed by atoms with Crippen LogP contribution in [0.2, 0.25) is 0 Å². The maximum absolute atomic E-state index is 13.4. The van der Waals surface area contributed by atoms with E-state index in [2.05, 4.69) is 10.3 Å². The van der Waals surface area contributed by atoms with Gasteiger partial charge in [-0.15, -0.1) is 11.8 Å². The fourth-order valence-electron chi connectivity index (χ4n) is 2.11. The molecule has 0 aliphatic rings.